The molecular formula is C36H49N3O6. The number of methoxy groups -OCH3 is 1. The number of aromatic nitrogens is 2. The van der Waals surface area contributed by atoms with Crippen LogP contribution in [0, 0.1) is 23.2 Å². The van der Waals surface area contributed by atoms with Gasteiger partial charge in [-0.3, -0.25) is 9.59 Å². The molecule has 244 valence electrons. The van der Waals surface area contributed by atoms with E-state index in [-0.39, 0.29) is 36.2 Å². The van der Waals surface area contributed by atoms with Gasteiger partial charge in [0.25, 0.3) is 0 Å². The van der Waals surface area contributed by atoms with Crippen LogP contribution in [0.3, 0.4) is 0 Å². The molecule has 2 bridgehead atoms. The summed E-state index contributed by atoms with van der Waals surface area (Å²) < 4.78 is 18.3. The number of rotatable bonds is 4. The molecule has 3 fully saturated rings. The Morgan fingerprint density at radius 2 is 1.82 bits per heavy atom. The average molecular weight is 620 g/mol. The number of hydrogen-bond donors (Lipinski definition) is 0. The number of aldehydes is 1. The van der Waals surface area contributed by atoms with E-state index in [9.17, 15) is 14.4 Å². The molecule has 9 nitrogen and oxygen atoms in total. The van der Waals surface area contributed by atoms with Crippen LogP contribution in [-0.2, 0) is 25.5 Å². The number of benzene rings is 1. The molecule has 2 aliphatic carbocycles. The Morgan fingerprint density at radius 1 is 1.04 bits per heavy atom. The SMILES string of the molecule is CC[C@@H]1[C@@H]2CN(C(=O)[C@H](C3(C)CCCCC3)CC(=O)O[C@]3(C)C[C@H]3CCCCCc3nc4ccc(OC)cc4nc3O2)[C@@H]1C=O. The van der Waals surface area contributed by atoms with Gasteiger partial charge < -0.3 is 23.9 Å². The molecule has 2 aliphatic heterocycles. The Morgan fingerprint density at radius 3 is 2.56 bits per heavy atom. The monoisotopic (exact) mass is 619 g/mol. The Labute approximate surface area is 266 Å². The summed E-state index contributed by atoms with van der Waals surface area (Å²) in [5.74, 6) is 0.321. The van der Waals surface area contributed by atoms with Crippen molar-refractivity contribution < 1.29 is 28.6 Å². The van der Waals surface area contributed by atoms with Gasteiger partial charge in [0.2, 0.25) is 11.8 Å². The fraction of sp³-hybridized carbons (Fsp3) is 0.694. The lowest BCUT2D eigenvalue weighted by Crippen LogP contribution is -2.48. The summed E-state index contributed by atoms with van der Waals surface area (Å²) in [5.41, 5.74) is 1.48. The van der Waals surface area contributed by atoms with Crippen LogP contribution in [-0.4, -0.2) is 64.4 Å². The topological polar surface area (TPSA) is 108 Å². The molecule has 2 saturated carbocycles. The van der Waals surface area contributed by atoms with Gasteiger partial charge in [-0.05, 0) is 69.4 Å². The molecule has 1 aromatic heterocycles. The molecule has 45 heavy (non-hydrogen) atoms. The van der Waals surface area contributed by atoms with Crippen molar-refractivity contribution in [2.45, 2.75) is 122 Å². The molecule has 0 N–H and O–H groups in total. The normalized spacial score (nSPS) is 32.4. The maximum absolute atomic E-state index is 14.6. The number of amides is 1. The van der Waals surface area contributed by atoms with Gasteiger partial charge in [-0.1, -0.05) is 46.0 Å². The van der Waals surface area contributed by atoms with Crippen LogP contribution in [0.1, 0.15) is 104 Å². The second kappa shape index (κ2) is 12.9. The fourth-order valence-corrected chi connectivity index (χ4v) is 8.36. The predicted molar refractivity (Wildman–Crippen MR) is 170 cm³/mol. The van der Waals surface area contributed by atoms with Crippen molar-refractivity contribution >= 4 is 29.2 Å². The summed E-state index contributed by atoms with van der Waals surface area (Å²) in [7, 11) is 1.62. The molecule has 1 aromatic carbocycles. The lowest BCUT2D eigenvalue weighted by atomic mass is 9.65. The van der Waals surface area contributed by atoms with Gasteiger partial charge >= 0.3 is 5.97 Å². The van der Waals surface area contributed by atoms with Crippen molar-refractivity contribution in [1.29, 1.82) is 0 Å². The van der Waals surface area contributed by atoms with E-state index in [4.69, 9.17) is 24.2 Å². The molecule has 1 saturated heterocycles. The summed E-state index contributed by atoms with van der Waals surface area (Å²) >= 11 is 0. The minimum Gasteiger partial charge on any atom is -0.497 e. The van der Waals surface area contributed by atoms with Crippen LogP contribution >= 0.6 is 0 Å². The quantitative estimate of drug-likeness (QED) is 0.293. The van der Waals surface area contributed by atoms with Crippen LogP contribution in [0.15, 0.2) is 18.2 Å². The van der Waals surface area contributed by atoms with E-state index in [2.05, 4.69) is 6.92 Å². The molecule has 3 heterocycles. The zero-order valence-corrected chi connectivity index (χ0v) is 27.4. The van der Waals surface area contributed by atoms with Gasteiger partial charge in [0.15, 0.2) is 0 Å². The van der Waals surface area contributed by atoms with Gasteiger partial charge in [-0.15, -0.1) is 0 Å². The zero-order valence-electron chi connectivity index (χ0n) is 27.4. The highest BCUT2D eigenvalue weighted by molar-refractivity contribution is 5.87. The van der Waals surface area contributed by atoms with Crippen molar-refractivity contribution in [2.75, 3.05) is 13.7 Å². The number of carbonyl (C=O) groups is 3. The summed E-state index contributed by atoms with van der Waals surface area (Å²) in [6.45, 7) is 6.48. The van der Waals surface area contributed by atoms with Crippen LogP contribution in [0.5, 0.6) is 11.6 Å². The third kappa shape index (κ3) is 6.41. The molecule has 6 rings (SSSR count). The second-order valence-corrected chi connectivity index (χ2v) is 14.4. The Kier molecular flexibility index (Phi) is 9.08. The van der Waals surface area contributed by atoms with E-state index in [0.717, 1.165) is 81.7 Å². The number of hydrogen-bond acceptors (Lipinski definition) is 8. The molecule has 6 atom stereocenters. The molecule has 2 aromatic rings. The summed E-state index contributed by atoms with van der Waals surface area (Å²) in [4.78, 5) is 52.4. The third-order valence-electron chi connectivity index (χ3n) is 11.4. The number of ether oxygens (including phenoxy) is 3. The van der Waals surface area contributed by atoms with Crippen LogP contribution in [0.25, 0.3) is 11.0 Å². The third-order valence-corrected chi connectivity index (χ3v) is 11.4. The van der Waals surface area contributed by atoms with Crippen molar-refractivity contribution in [3.05, 3.63) is 23.9 Å². The molecule has 0 spiro atoms. The van der Waals surface area contributed by atoms with E-state index in [1.807, 2.05) is 32.0 Å². The number of aryl methyl sites for hydroxylation is 1. The highest BCUT2D eigenvalue weighted by Crippen LogP contribution is 2.51. The van der Waals surface area contributed by atoms with E-state index in [1.54, 1.807) is 12.0 Å². The van der Waals surface area contributed by atoms with Crippen molar-refractivity contribution in [1.82, 2.24) is 14.9 Å². The Balaban J connectivity index is 1.37. The fourth-order valence-electron chi connectivity index (χ4n) is 8.36. The van der Waals surface area contributed by atoms with Crippen LogP contribution < -0.4 is 9.47 Å². The van der Waals surface area contributed by atoms with Gasteiger partial charge in [-0.25, -0.2) is 9.97 Å². The van der Waals surface area contributed by atoms with Gasteiger partial charge in [0.1, 0.15) is 29.4 Å². The summed E-state index contributed by atoms with van der Waals surface area (Å²) in [5, 5.41) is 0. The predicted octanol–water partition coefficient (Wildman–Crippen LogP) is 6.24. The standard InChI is InChI=1S/C36H49N3O6/c1-5-25-30(22-40)39-21-31(25)44-33-28(37-27-15-14-24(43-4)18-29(27)38-33)13-9-6-8-12-23-20-36(23,3)45-32(41)19-26(34(39)42)35(2)16-10-7-11-17-35/h14-15,18,22-23,25-26,30-31H,5-13,16-17,19-21H2,1-4H3/t23-,25+,26-,30-,31+,36-/m1/s1. The van der Waals surface area contributed by atoms with Gasteiger partial charge in [-0.2, -0.15) is 0 Å². The number of fused-ring (bicyclic) bond motifs is 5. The first-order chi connectivity index (χ1) is 21.7. The molecule has 0 unspecified atom stereocenters. The van der Waals surface area contributed by atoms with E-state index >= 15 is 0 Å². The molecule has 0 radical (unpaired) electrons. The minimum absolute atomic E-state index is 0.0458. The molecule has 9 heteroatoms. The first-order valence-corrected chi connectivity index (χ1v) is 17.2. The lowest BCUT2D eigenvalue weighted by Gasteiger charge is -2.41. The van der Waals surface area contributed by atoms with E-state index in [1.165, 1.54) is 0 Å². The maximum Gasteiger partial charge on any atom is 0.307 e. The highest BCUT2D eigenvalue weighted by atomic mass is 16.6. The first-order valence-electron chi connectivity index (χ1n) is 17.2. The van der Waals surface area contributed by atoms with E-state index in [0.29, 0.717) is 35.9 Å². The van der Waals surface area contributed by atoms with E-state index < -0.39 is 23.7 Å². The van der Waals surface area contributed by atoms with Crippen LogP contribution in [0.2, 0.25) is 0 Å². The molecule has 4 aliphatic rings. The number of esters is 1. The van der Waals surface area contributed by atoms with Gasteiger partial charge in [0.05, 0.1) is 43.1 Å². The number of nitrogens with zero attached hydrogens (tertiary/aromatic N) is 3. The molecule has 1 amide bonds. The maximum atomic E-state index is 14.6. The lowest BCUT2D eigenvalue weighted by molar-refractivity contribution is -0.159. The van der Waals surface area contributed by atoms with Crippen molar-refractivity contribution in [2.24, 2.45) is 23.2 Å². The smallest absolute Gasteiger partial charge is 0.307 e. The summed E-state index contributed by atoms with van der Waals surface area (Å²) in [6.07, 6.45) is 11.7. The van der Waals surface area contributed by atoms with Crippen molar-refractivity contribution in [3.63, 3.8) is 0 Å². The molecular weight excluding hydrogens is 570 g/mol. The minimum atomic E-state index is -0.636. The zero-order chi connectivity index (χ0) is 31.8. The largest absolute Gasteiger partial charge is 0.497 e. The second-order valence-electron chi connectivity index (χ2n) is 14.4. The number of carbonyl (C=O) groups excluding carboxylic acids is 3. The van der Waals surface area contributed by atoms with Gasteiger partial charge in [0, 0.05) is 17.9 Å². The van der Waals surface area contributed by atoms with Crippen molar-refractivity contribution in [3.8, 4) is 11.6 Å². The summed E-state index contributed by atoms with van der Waals surface area (Å²) in [6, 6.07) is 5.02. The first kappa shape index (κ1) is 31.7. The Hall–Kier alpha value is -3.23. The highest BCUT2D eigenvalue weighted by Gasteiger charge is 2.55. The average Bonchev–Trinajstić information content (AvgIpc) is 3.52. The Bertz CT molecular complexity index is 1420. The van der Waals surface area contributed by atoms with Crippen LogP contribution in [0.4, 0.5) is 0 Å².